The van der Waals surface area contributed by atoms with Crippen molar-refractivity contribution < 1.29 is 14.6 Å². The number of nitrogens with zero attached hydrogens (tertiary/aromatic N) is 3. The van der Waals surface area contributed by atoms with Gasteiger partial charge < -0.3 is 19.8 Å². The zero-order valence-corrected chi connectivity index (χ0v) is 17.4. The van der Waals surface area contributed by atoms with Crippen LogP contribution in [0.15, 0.2) is 70.9 Å². The molecule has 0 spiro atoms. The van der Waals surface area contributed by atoms with E-state index in [1.807, 2.05) is 31.2 Å². The first-order valence-corrected chi connectivity index (χ1v) is 9.93. The largest absolute Gasteiger partial charge is 0.497 e. The Bertz CT molecular complexity index is 1500. The number of nitrogens with one attached hydrogen (secondary N) is 2. The number of amides is 1. The summed E-state index contributed by atoms with van der Waals surface area (Å²) in [5.41, 5.74) is 4.80. The van der Waals surface area contributed by atoms with Crippen LogP contribution in [0.5, 0.6) is 11.6 Å². The van der Waals surface area contributed by atoms with E-state index in [-0.39, 0.29) is 11.6 Å². The summed E-state index contributed by atoms with van der Waals surface area (Å²) in [4.78, 5) is 23.3. The number of aromatic hydroxyl groups is 1. The van der Waals surface area contributed by atoms with Crippen molar-refractivity contribution in [1.29, 1.82) is 0 Å². The first-order chi connectivity index (χ1) is 15.5. The van der Waals surface area contributed by atoms with E-state index in [2.05, 4.69) is 25.2 Å². The van der Waals surface area contributed by atoms with Crippen LogP contribution in [-0.4, -0.2) is 33.1 Å². The molecule has 0 atom stereocenters. The zero-order valence-electron chi connectivity index (χ0n) is 17.4. The van der Waals surface area contributed by atoms with Gasteiger partial charge in [-0.25, -0.2) is 4.98 Å². The monoisotopic (exact) mass is 425 g/mol. The maximum Gasteiger partial charge on any atom is 0.295 e. The lowest BCUT2D eigenvalue weighted by atomic mass is 10.1. The Hall–Kier alpha value is -4.46. The molecule has 3 aromatic carbocycles. The molecule has 0 saturated heterocycles. The standard InChI is InChI=1S/C24H19N5O3/c1-13-3-5-14(6-4-13)22-25-19-9-7-15(11-20(19)26-22)23(30)29-28-21-17-12-16(32-2)8-10-18(17)27-24(21)31/h3-12,27,31H,1-2H3,(H,25,26). The van der Waals surface area contributed by atoms with Gasteiger partial charge in [0.15, 0.2) is 5.69 Å². The molecule has 0 aliphatic carbocycles. The molecule has 1 amide bonds. The fourth-order valence-corrected chi connectivity index (χ4v) is 3.51. The van der Waals surface area contributed by atoms with Crippen molar-refractivity contribution in [3.05, 3.63) is 71.8 Å². The minimum absolute atomic E-state index is 0.170. The highest BCUT2D eigenvalue weighted by Gasteiger charge is 2.14. The molecule has 5 aromatic rings. The van der Waals surface area contributed by atoms with Gasteiger partial charge in [-0.05, 0) is 43.3 Å². The van der Waals surface area contributed by atoms with E-state index < -0.39 is 5.91 Å². The molecule has 8 heteroatoms. The molecule has 0 fully saturated rings. The Morgan fingerprint density at radius 2 is 1.81 bits per heavy atom. The quantitative estimate of drug-likeness (QED) is 0.322. The lowest BCUT2D eigenvalue weighted by Crippen LogP contribution is -1.93. The van der Waals surface area contributed by atoms with Crippen molar-refractivity contribution in [3.63, 3.8) is 0 Å². The van der Waals surface area contributed by atoms with Gasteiger partial charge in [0.25, 0.3) is 5.91 Å². The number of H-pyrrole nitrogens is 2. The number of ether oxygens (including phenoxy) is 1. The summed E-state index contributed by atoms with van der Waals surface area (Å²) in [5, 5.41) is 18.6. The van der Waals surface area contributed by atoms with Crippen molar-refractivity contribution in [2.45, 2.75) is 6.92 Å². The molecule has 5 rings (SSSR count). The molecule has 158 valence electrons. The second-order valence-corrected chi connectivity index (χ2v) is 7.42. The Balaban J connectivity index is 1.45. The number of hydrogen-bond acceptors (Lipinski definition) is 5. The van der Waals surface area contributed by atoms with Crippen LogP contribution in [0.1, 0.15) is 15.9 Å². The Morgan fingerprint density at radius 3 is 2.59 bits per heavy atom. The summed E-state index contributed by atoms with van der Waals surface area (Å²) < 4.78 is 5.22. The van der Waals surface area contributed by atoms with Crippen LogP contribution < -0.4 is 4.74 Å². The molecule has 8 nitrogen and oxygen atoms in total. The third-order valence-corrected chi connectivity index (χ3v) is 5.25. The number of azo groups is 1. The van der Waals surface area contributed by atoms with Gasteiger partial charge in [-0.2, -0.15) is 0 Å². The SMILES string of the molecule is COc1ccc2[nH]c(O)c(N=NC(=O)c3ccc4nc(-c5ccc(C)cc5)[nH]c4c3)c2c1. The molecule has 0 saturated carbocycles. The van der Waals surface area contributed by atoms with E-state index >= 15 is 0 Å². The summed E-state index contributed by atoms with van der Waals surface area (Å²) in [6.07, 6.45) is 0. The Kier molecular flexibility index (Phi) is 4.67. The fourth-order valence-electron chi connectivity index (χ4n) is 3.51. The van der Waals surface area contributed by atoms with Gasteiger partial charge in [-0.1, -0.05) is 29.8 Å². The van der Waals surface area contributed by atoms with Gasteiger partial charge in [0.2, 0.25) is 5.88 Å². The lowest BCUT2D eigenvalue weighted by molar-refractivity contribution is 0.0995. The van der Waals surface area contributed by atoms with E-state index in [1.54, 1.807) is 43.5 Å². The molecular formula is C24H19N5O3. The number of aromatic nitrogens is 3. The van der Waals surface area contributed by atoms with Crippen LogP contribution in [0.3, 0.4) is 0 Å². The number of hydrogen-bond donors (Lipinski definition) is 3. The number of carbonyl (C=O) groups is 1. The number of aromatic amines is 2. The zero-order chi connectivity index (χ0) is 22.2. The topological polar surface area (TPSA) is 116 Å². The van der Waals surface area contributed by atoms with Crippen LogP contribution in [-0.2, 0) is 0 Å². The predicted molar refractivity (Wildman–Crippen MR) is 122 cm³/mol. The summed E-state index contributed by atoms with van der Waals surface area (Å²) in [7, 11) is 1.55. The van der Waals surface area contributed by atoms with Gasteiger partial charge in [0.05, 0.1) is 23.7 Å². The van der Waals surface area contributed by atoms with Gasteiger partial charge in [-0.15, -0.1) is 10.2 Å². The molecule has 0 aliphatic rings. The summed E-state index contributed by atoms with van der Waals surface area (Å²) in [6, 6.07) is 18.4. The number of carbonyl (C=O) groups excluding carboxylic acids is 1. The summed E-state index contributed by atoms with van der Waals surface area (Å²) in [5.74, 6) is 0.629. The number of rotatable bonds is 4. The lowest BCUT2D eigenvalue weighted by Gasteiger charge is -1.99. The smallest absolute Gasteiger partial charge is 0.295 e. The first-order valence-electron chi connectivity index (χ1n) is 9.93. The van der Waals surface area contributed by atoms with Crippen molar-refractivity contribution in [1.82, 2.24) is 15.0 Å². The number of aryl methyl sites for hydroxylation is 1. The maximum atomic E-state index is 12.7. The number of fused-ring (bicyclic) bond motifs is 2. The normalized spacial score (nSPS) is 11.6. The van der Waals surface area contributed by atoms with Crippen molar-refractivity contribution in [2.24, 2.45) is 10.2 Å². The minimum Gasteiger partial charge on any atom is -0.497 e. The van der Waals surface area contributed by atoms with E-state index in [9.17, 15) is 9.90 Å². The average molecular weight is 425 g/mol. The summed E-state index contributed by atoms with van der Waals surface area (Å²) >= 11 is 0. The average Bonchev–Trinajstić information content (AvgIpc) is 3.37. The second kappa shape index (κ2) is 7.66. The third kappa shape index (κ3) is 3.47. The molecule has 2 heterocycles. The minimum atomic E-state index is -0.532. The van der Waals surface area contributed by atoms with E-state index in [0.717, 1.165) is 22.4 Å². The molecule has 3 N–H and O–H groups in total. The van der Waals surface area contributed by atoms with Crippen LogP contribution >= 0.6 is 0 Å². The van der Waals surface area contributed by atoms with Crippen molar-refractivity contribution >= 4 is 33.5 Å². The van der Waals surface area contributed by atoms with E-state index in [0.29, 0.717) is 22.2 Å². The van der Waals surface area contributed by atoms with Crippen LogP contribution in [0.2, 0.25) is 0 Å². The molecule has 0 aliphatic heterocycles. The molecule has 0 unspecified atom stereocenters. The highest BCUT2D eigenvalue weighted by Crippen LogP contribution is 2.37. The number of methoxy groups -OCH3 is 1. The molecule has 0 bridgehead atoms. The second-order valence-electron chi connectivity index (χ2n) is 7.42. The number of imidazole rings is 1. The molecule has 32 heavy (non-hydrogen) atoms. The van der Waals surface area contributed by atoms with Gasteiger partial charge >= 0.3 is 0 Å². The van der Waals surface area contributed by atoms with Crippen LogP contribution in [0, 0.1) is 6.92 Å². The fraction of sp³-hybridized carbons (Fsp3) is 0.0833. The highest BCUT2D eigenvalue weighted by atomic mass is 16.5. The molecule has 2 aromatic heterocycles. The number of benzene rings is 3. The first kappa shape index (κ1) is 19.5. The predicted octanol–water partition coefficient (Wildman–Crippen LogP) is 5.66. The van der Waals surface area contributed by atoms with Crippen LogP contribution in [0.25, 0.3) is 33.3 Å². The Morgan fingerprint density at radius 1 is 1.00 bits per heavy atom. The highest BCUT2D eigenvalue weighted by molar-refractivity contribution is 5.99. The maximum absolute atomic E-state index is 12.7. The Labute approximate surface area is 182 Å². The van der Waals surface area contributed by atoms with Gasteiger partial charge in [-0.3, -0.25) is 4.79 Å². The van der Waals surface area contributed by atoms with Crippen LogP contribution in [0.4, 0.5) is 5.69 Å². The van der Waals surface area contributed by atoms with E-state index in [1.165, 1.54) is 5.56 Å². The molecule has 0 radical (unpaired) electrons. The van der Waals surface area contributed by atoms with Crippen molar-refractivity contribution in [2.75, 3.05) is 7.11 Å². The van der Waals surface area contributed by atoms with Crippen molar-refractivity contribution in [3.8, 4) is 23.0 Å². The third-order valence-electron chi connectivity index (χ3n) is 5.25. The molecular weight excluding hydrogens is 406 g/mol. The van der Waals surface area contributed by atoms with Gasteiger partial charge in [0, 0.05) is 16.5 Å². The van der Waals surface area contributed by atoms with Gasteiger partial charge in [0.1, 0.15) is 11.6 Å². The summed E-state index contributed by atoms with van der Waals surface area (Å²) in [6.45, 7) is 2.03. The van der Waals surface area contributed by atoms with E-state index in [4.69, 9.17) is 4.74 Å².